The molecule has 1 aromatic carbocycles. The van der Waals surface area contributed by atoms with E-state index < -0.39 is 22.0 Å². The Kier molecular flexibility index (Phi) is 6.87. The van der Waals surface area contributed by atoms with Crippen LogP contribution >= 0.6 is 0 Å². The third-order valence-corrected chi connectivity index (χ3v) is 6.84. The van der Waals surface area contributed by atoms with Gasteiger partial charge in [0.25, 0.3) is 0 Å². The molecule has 9 heteroatoms. The Bertz CT molecular complexity index is 1190. The van der Waals surface area contributed by atoms with Gasteiger partial charge in [-0.15, -0.1) is 6.58 Å². The molecular formula is C22H26N4O4S. The second kappa shape index (κ2) is 9.40. The average Bonchev–Trinajstić information content (AvgIpc) is 3.13. The van der Waals surface area contributed by atoms with Crippen LogP contribution in [0.4, 0.5) is 0 Å². The van der Waals surface area contributed by atoms with Crippen LogP contribution in [0.5, 0.6) is 0 Å². The SMILES string of the molecule is C=CCC(C(=O)OCC)N(C)S(=O)(=O)c1ccc(Cc2nccc3[nH]c(C)nc23)cc1. The number of sulfonamides is 1. The normalized spacial score (nSPS) is 12.8. The summed E-state index contributed by atoms with van der Waals surface area (Å²) in [6.07, 6.45) is 3.89. The molecule has 0 saturated carbocycles. The first kappa shape index (κ1) is 22.6. The van der Waals surface area contributed by atoms with Crippen LogP contribution in [0.3, 0.4) is 0 Å². The molecule has 0 saturated heterocycles. The fourth-order valence-corrected chi connectivity index (χ4v) is 4.66. The highest BCUT2D eigenvalue weighted by molar-refractivity contribution is 7.89. The summed E-state index contributed by atoms with van der Waals surface area (Å²) in [6, 6.07) is 7.46. The van der Waals surface area contributed by atoms with Crippen molar-refractivity contribution in [2.24, 2.45) is 0 Å². The minimum Gasteiger partial charge on any atom is -0.465 e. The lowest BCUT2D eigenvalue weighted by Gasteiger charge is -2.25. The van der Waals surface area contributed by atoms with Gasteiger partial charge >= 0.3 is 5.97 Å². The van der Waals surface area contributed by atoms with Crippen molar-refractivity contribution in [3.05, 3.63) is 66.3 Å². The topological polar surface area (TPSA) is 105 Å². The Hall–Kier alpha value is -3.04. The summed E-state index contributed by atoms with van der Waals surface area (Å²) in [4.78, 5) is 24.4. The van der Waals surface area contributed by atoms with Crippen molar-refractivity contribution in [2.45, 2.75) is 37.6 Å². The molecule has 1 atom stereocenters. The predicted octanol–water partition coefficient (Wildman–Crippen LogP) is 2.99. The van der Waals surface area contributed by atoms with Gasteiger partial charge in [0.05, 0.1) is 22.7 Å². The molecule has 0 amide bonds. The molecule has 1 N–H and O–H groups in total. The number of H-pyrrole nitrogens is 1. The lowest BCUT2D eigenvalue weighted by molar-refractivity contribution is -0.147. The maximum Gasteiger partial charge on any atom is 0.324 e. The van der Waals surface area contributed by atoms with Crippen LogP contribution in [0.25, 0.3) is 11.0 Å². The maximum absolute atomic E-state index is 13.1. The number of nitrogens with zero attached hydrogens (tertiary/aromatic N) is 3. The van der Waals surface area contributed by atoms with Gasteiger partial charge in [0.15, 0.2) is 0 Å². The molecule has 2 aromatic heterocycles. The number of aryl methyl sites for hydroxylation is 1. The van der Waals surface area contributed by atoms with E-state index in [-0.39, 0.29) is 17.9 Å². The number of esters is 1. The molecule has 0 aliphatic carbocycles. The Morgan fingerprint density at radius 2 is 2.00 bits per heavy atom. The van der Waals surface area contributed by atoms with E-state index in [4.69, 9.17) is 4.74 Å². The van der Waals surface area contributed by atoms with Gasteiger partial charge in [-0.3, -0.25) is 9.78 Å². The van der Waals surface area contributed by atoms with Gasteiger partial charge in [-0.05, 0) is 44.0 Å². The average molecular weight is 443 g/mol. The van der Waals surface area contributed by atoms with Crippen molar-refractivity contribution < 1.29 is 17.9 Å². The van der Waals surface area contributed by atoms with Gasteiger partial charge in [0.2, 0.25) is 10.0 Å². The zero-order chi connectivity index (χ0) is 22.6. The predicted molar refractivity (Wildman–Crippen MR) is 118 cm³/mol. The molecule has 0 aliphatic heterocycles. The van der Waals surface area contributed by atoms with Crippen LogP contribution in [0.2, 0.25) is 0 Å². The highest BCUT2D eigenvalue weighted by Gasteiger charge is 2.33. The summed E-state index contributed by atoms with van der Waals surface area (Å²) >= 11 is 0. The highest BCUT2D eigenvalue weighted by Crippen LogP contribution is 2.22. The van der Waals surface area contributed by atoms with Gasteiger partial charge in [-0.25, -0.2) is 13.4 Å². The Morgan fingerprint density at radius 1 is 1.29 bits per heavy atom. The molecule has 8 nitrogen and oxygen atoms in total. The molecule has 3 aromatic rings. The van der Waals surface area contributed by atoms with E-state index in [9.17, 15) is 13.2 Å². The Morgan fingerprint density at radius 3 is 2.65 bits per heavy atom. The molecule has 164 valence electrons. The first-order valence-corrected chi connectivity index (χ1v) is 11.4. The maximum atomic E-state index is 13.1. The number of aromatic amines is 1. The number of carbonyl (C=O) groups excluding carboxylic acids is 1. The van der Waals surface area contributed by atoms with E-state index in [1.54, 1.807) is 25.3 Å². The van der Waals surface area contributed by atoms with Gasteiger partial charge in [0, 0.05) is 19.7 Å². The zero-order valence-corrected chi connectivity index (χ0v) is 18.6. The largest absolute Gasteiger partial charge is 0.465 e. The summed E-state index contributed by atoms with van der Waals surface area (Å²) in [5, 5.41) is 0. The Balaban J connectivity index is 1.83. The summed E-state index contributed by atoms with van der Waals surface area (Å²) in [7, 11) is -2.52. The molecule has 0 aliphatic rings. The van der Waals surface area contributed by atoms with Crippen LogP contribution in [0.1, 0.15) is 30.4 Å². The second-order valence-corrected chi connectivity index (χ2v) is 9.11. The number of fused-ring (bicyclic) bond motifs is 1. The number of pyridine rings is 1. The molecule has 0 spiro atoms. The summed E-state index contributed by atoms with van der Waals surface area (Å²) in [6.45, 7) is 7.35. The van der Waals surface area contributed by atoms with E-state index in [0.29, 0.717) is 6.42 Å². The molecule has 2 heterocycles. The smallest absolute Gasteiger partial charge is 0.324 e. The van der Waals surface area contributed by atoms with E-state index in [2.05, 4.69) is 21.5 Å². The molecule has 31 heavy (non-hydrogen) atoms. The zero-order valence-electron chi connectivity index (χ0n) is 17.8. The van der Waals surface area contributed by atoms with Gasteiger partial charge in [0.1, 0.15) is 17.4 Å². The van der Waals surface area contributed by atoms with Crippen molar-refractivity contribution in [2.75, 3.05) is 13.7 Å². The summed E-state index contributed by atoms with van der Waals surface area (Å²) in [5.74, 6) is 0.211. The third-order valence-electron chi connectivity index (χ3n) is 4.95. The monoisotopic (exact) mass is 442 g/mol. The number of aromatic nitrogens is 3. The lowest BCUT2D eigenvalue weighted by Crippen LogP contribution is -2.43. The number of nitrogens with one attached hydrogen (secondary N) is 1. The number of ether oxygens (including phenoxy) is 1. The molecule has 1 unspecified atom stereocenters. The number of likely N-dealkylation sites (N-methyl/N-ethyl adjacent to an activating group) is 1. The molecule has 3 rings (SSSR count). The number of benzene rings is 1. The fourth-order valence-electron chi connectivity index (χ4n) is 3.34. The van der Waals surface area contributed by atoms with Crippen LogP contribution in [0, 0.1) is 6.92 Å². The molecular weight excluding hydrogens is 416 g/mol. The minimum absolute atomic E-state index is 0.0962. The molecule has 0 bridgehead atoms. The van der Waals surface area contributed by atoms with Crippen molar-refractivity contribution in [1.29, 1.82) is 0 Å². The van der Waals surface area contributed by atoms with E-state index in [0.717, 1.165) is 32.4 Å². The van der Waals surface area contributed by atoms with Crippen molar-refractivity contribution in [3.8, 4) is 0 Å². The first-order valence-electron chi connectivity index (χ1n) is 9.92. The number of hydrogen-bond donors (Lipinski definition) is 1. The fraction of sp³-hybridized carbons (Fsp3) is 0.318. The number of carbonyl (C=O) groups is 1. The third kappa shape index (κ3) is 4.83. The van der Waals surface area contributed by atoms with Crippen LogP contribution in [-0.2, 0) is 26.0 Å². The first-order chi connectivity index (χ1) is 14.8. The van der Waals surface area contributed by atoms with Crippen molar-refractivity contribution in [3.63, 3.8) is 0 Å². The van der Waals surface area contributed by atoms with E-state index in [1.807, 2.05) is 13.0 Å². The standard InChI is InChI=1S/C22H26N4O4S/c1-5-7-20(22(27)30-6-2)26(4)31(28,29)17-10-8-16(9-11-17)14-19-21-18(12-13-23-19)24-15(3)25-21/h5,8-13,20H,1,6-7,14H2,2-4H3,(H,24,25). The summed E-state index contributed by atoms with van der Waals surface area (Å²) in [5.41, 5.74) is 3.42. The lowest BCUT2D eigenvalue weighted by atomic mass is 10.1. The number of imidazole rings is 1. The van der Waals surface area contributed by atoms with Gasteiger partial charge in [-0.2, -0.15) is 4.31 Å². The highest BCUT2D eigenvalue weighted by atomic mass is 32.2. The quantitative estimate of drug-likeness (QED) is 0.403. The number of hydrogen-bond acceptors (Lipinski definition) is 6. The van der Waals surface area contributed by atoms with Crippen molar-refractivity contribution >= 4 is 27.0 Å². The van der Waals surface area contributed by atoms with Crippen molar-refractivity contribution in [1.82, 2.24) is 19.3 Å². The number of rotatable bonds is 9. The molecule has 0 fully saturated rings. The Labute approximate surface area is 182 Å². The van der Waals surface area contributed by atoms with Crippen LogP contribution in [-0.4, -0.2) is 53.3 Å². The minimum atomic E-state index is -3.89. The van der Waals surface area contributed by atoms with Gasteiger partial charge in [-0.1, -0.05) is 18.2 Å². The van der Waals surface area contributed by atoms with Gasteiger partial charge < -0.3 is 9.72 Å². The van der Waals surface area contributed by atoms with E-state index >= 15 is 0 Å². The summed E-state index contributed by atoms with van der Waals surface area (Å²) < 4.78 is 32.2. The van der Waals surface area contributed by atoms with E-state index in [1.165, 1.54) is 25.3 Å². The second-order valence-electron chi connectivity index (χ2n) is 7.11. The molecule has 0 radical (unpaired) electrons. The van der Waals surface area contributed by atoms with Crippen LogP contribution < -0.4 is 0 Å². The van der Waals surface area contributed by atoms with Crippen LogP contribution in [0.15, 0.2) is 54.1 Å².